The molecule has 0 atom stereocenters. The van der Waals surface area contributed by atoms with Crippen LogP contribution in [0.5, 0.6) is 0 Å². The van der Waals surface area contributed by atoms with E-state index in [-0.39, 0.29) is 19.1 Å². The van der Waals surface area contributed by atoms with E-state index in [0.717, 1.165) is 16.7 Å². The number of hydrogen-bond acceptors (Lipinski definition) is 3. The van der Waals surface area contributed by atoms with Crippen molar-refractivity contribution in [2.45, 2.75) is 20.5 Å². The third-order valence-corrected chi connectivity index (χ3v) is 3.16. The summed E-state index contributed by atoms with van der Waals surface area (Å²) in [5.41, 5.74) is 3.57. The standard InChI is InChI=1S/C18H19NO3/c1-13-5-3-7-15(9-13)12-22-17(20)11-19-18(21)16-8-4-6-14(2)10-16/h3-10H,11-12H2,1-2H3,(H,19,21). The number of carbonyl (C=O) groups excluding carboxylic acids is 2. The smallest absolute Gasteiger partial charge is 0.325 e. The zero-order valence-corrected chi connectivity index (χ0v) is 12.8. The van der Waals surface area contributed by atoms with E-state index in [1.807, 2.05) is 44.2 Å². The summed E-state index contributed by atoms with van der Waals surface area (Å²) < 4.78 is 5.14. The summed E-state index contributed by atoms with van der Waals surface area (Å²) >= 11 is 0. The van der Waals surface area contributed by atoms with E-state index in [1.165, 1.54) is 0 Å². The maximum atomic E-state index is 11.9. The molecule has 0 spiro atoms. The maximum absolute atomic E-state index is 11.9. The molecule has 1 amide bonds. The average Bonchev–Trinajstić information content (AvgIpc) is 2.50. The summed E-state index contributed by atoms with van der Waals surface area (Å²) in [5, 5.41) is 2.56. The van der Waals surface area contributed by atoms with Gasteiger partial charge < -0.3 is 10.1 Å². The second-order valence-corrected chi connectivity index (χ2v) is 5.20. The maximum Gasteiger partial charge on any atom is 0.325 e. The molecule has 114 valence electrons. The first kappa shape index (κ1) is 15.8. The van der Waals surface area contributed by atoms with Gasteiger partial charge in [0.15, 0.2) is 0 Å². The monoisotopic (exact) mass is 297 g/mol. The fourth-order valence-corrected chi connectivity index (χ4v) is 2.06. The number of benzene rings is 2. The summed E-state index contributed by atoms with van der Waals surface area (Å²) in [6.45, 7) is 3.96. The Morgan fingerprint density at radius 2 is 1.68 bits per heavy atom. The topological polar surface area (TPSA) is 55.4 Å². The number of carbonyl (C=O) groups is 2. The minimum absolute atomic E-state index is 0.140. The van der Waals surface area contributed by atoms with Crippen LogP contribution < -0.4 is 5.32 Å². The molecule has 0 unspecified atom stereocenters. The van der Waals surface area contributed by atoms with E-state index in [1.54, 1.807) is 18.2 Å². The Hall–Kier alpha value is -2.62. The first-order chi connectivity index (χ1) is 10.5. The number of esters is 1. The molecule has 2 rings (SSSR count). The number of rotatable bonds is 5. The van der Waals surface area contributed by atoms with E-state index in [9.17, 15) is 9.59 Å². The lowest BCUT2D eigenvalue weighted by Crippen LogP contribution is -2.30. The Bertz CT molecular complexity index is 680. The van der Waals surface area contributed by atoms with Crippen LogP contribution >= 0.6 is 0 Å². The van der Waals surface area contributed by atoms with Gasteiger partial charge in [-0.05, 0) is 31.5 Å². The van der Waals surface area contributed by atoms with Gasteiger partial charge in [0.2, 0.25) is 0 Å². The molecule has 4 nitrogen and oxygen atoms in total. The van der Waals surface area contributed by atoms with Gasteiger partial charge >= 0.3 is 5.97 Å². The van der Waals surface area contributed by atoms with Gasteiger partial charge in [0.1, 0.15) is 13.2 Å². The largest absolute Gasteiger partial charge is 0.460 e. The van der Waals surface area contributed by atoms with Crippen molar-refractivity contribution in [3.05, 3.63) is 70.8 Å². The Labute approximate surface area is 130 Å². The quantitative estimate of drug-likeness (QED) is 0.863. The molecule has 0 fully saturated rings. The lowest BCUT2D eigenvalue weighted by Gasteiger charge is -2.07. The minimum atomic E-state index is -0.456. The van der Waals surface area contributed by atoms with Crippen LogP contribution in [-0.2, 0) is 16.1 Å². The Kier molecular flexibility index (Phi) is 5.31. The van der Waals surface area contributed by atoms with E-state index in [2.05, 4.69) is 5.32 Å². The molecule has 0 aliphatic carbocycles. The minimum Gasteiger partial charge on any atom is -0.460 e. The number of ether oxygens (including phenoxy) is 1. The molecular weight excluding hydrogens is 278 g/mol. The van der Waals surface area contributed by atoms with Crippen LogP contribution in [0.2, 0.25) is 0 Å². The molecule has 0 heterocycles. The van der Waals surface area contributed by atoms with Crippen LogP contribution in [0, 0.1) is 13.8 Å². The van der Waals surface area contributed by atoms with Crippen LogP contribution in [0.3, 0.4) is 0 Å². The molecule has 1 N–H and O–H groups in total. The van der Waals surface area contributed by atoms with Crippen molar-refractivity contribution < 1.29 is 14.3 Å². The predicted octanol–water partition coefficient (Wildman–Crippen LogP) is 2.78. The summed E-state index contributed by atoms with van der Waals surface area (Å²) in [6.07, 6.45) is 0. The van der Waals surface area contributed by atoms with E-state index in [0.29, 0.717) is 5.56 Å². The molecule has 0 aromatic heterocycles. The van der Waals surface area contributed by atoms with Gasteiger partial charge in [-0.3, -0.25) is 9.59 Å². The summed E-state index contributed by atoms with van der Waals surface area (Å²) in [7, 11) is 0. The lowest BCUT2D eigenvalue weighted by atomic mass is 10.1. The van der Waals surface area contributed by atoms with Crippen LogP contribution in [0.25, 0.3) is 0 Å². The molecule has 0 aliphatic rings. The average molecular weight is 297 g/mol. The Balaban J connectivity index is 1.79. The molecule has 2 aromatic rings. The fourth-order valence-electron chi connectivity index (χ4n) is 2.06. The second-order valence-electron chi connectivity index (χ2n) is 5.20. The van der Waals surface area contributed by atoms with E-state index in [4.69, 9.17) is 4.74 Å². The highest BCUT2D eigenvalue weighted by atomic mass is 16.5. The van der Waals surface area contributed by atoms with Crippen LogP contribution in [0.4, 0.5) is 0 Å². The fraction of sp³-hybridized carbons (Fsp3) is 0.222. The number of aryl methyl sites for hydroxylation is 2. The van der Waals surface area contributed by atoms with Gasteiger partial charge in [-0.2, -0.15) is 0 Å². The molecule has 22 heavy (non-hydrogen) atoms. The normalized spacial score (nSPS) is 10.1. The zero-order chi connectivity index (χ0) is 15.9. The van der Waals surface area contributed by atoms with Crippen molar-refractivity contribution in [1.29, 1.82) is 0 Å². The van der Waals surface area contributed by atoms with Crippen molar-refractivity contribution in [2.75, 3.05) is 6.54 Å². The van der Waals surface area contributed by atoms with Crippen molar-refractivity contribution in [3.8, 4) is 0 Å². The highest BCUT2D eigenvalue weighted by molar-refractivity contribution is 5.96. The number of hydrogen-bond donors (Lipinski definition) is 1. The first-order valence-electron chi connectivity index (χ1n) is 7.10. The summed E-state index contributed by atoms with van der Waals surface area (Å²) in [6, 6.07) is 14.9. The van der Waals surface area contributed by atoms with Crippen molar-refractivity contribution in [3.63, 3.8) is 0 Å². The van der Waals surface area contributed by atoms with Crippen molar-refractivity contribution in [1.82, 2.24) is 5.32 Å². The molecule has 2 aromatic carbocycles. The second kappa shape index (κ2) is 7.41. The van der Waals surface area contributed by atoms with Gasteiger partial charge in [0.25, 0.3) is 5.91 Å². The molecular formula is C18H19NO3. The lowest BCUT2D eigenvalue weighted by molar-refractivity contribution is -0.143. The highest BCUT2D eigenvalue weighted by Crippen LogP contribution is 2.06. The third kappa shape index (κ3) is 4.74. The Morgan fingerprint density at radius 3 is 2.36 bits per heavy atom. The molecule has 0 bridgehead atoms. The zero-order valence-electron chi connectivity index (χ0n) is 12.8. The molecule has 0 saturated carbocycles. The van der Waals surface area contributed by atoms with Crippen LogP contribution in [0.1, 0.15) is 27.0 Å². The molecule has 0 saturated heterocycles. The van der Waals surface area contributed by atoms with Crippen LogP contribution in [-0.4, -0.2) is 18.4 Å². The van der Waals surface area contributed by atoms with Crippen LogP contribution in [0.15, 0.2) is 48.5 Å². The predicted molar refractivity (Wildman–Crippen MR) is 84.5 cm³/mol. The van der Waals surface area contributed by atoms with Gasteiger partial charge in [0.05, 0.1) is 0 Å². The summed E-state index contributed by atoms with van der Waals surface area (Å²) in [5.74, 6) is -0.737. The van der Waals surface area contributed by atoms with Gasteiger partial charge in [-0.25, -0.2) is 0 Å². The third-order valence-electron chi connectivity index (χ3n) is 3.16. The summed E-state index contributed by atoms with van der Waals surface area (Å²) in [4.78, 5) is 23.6. The van der Waals surface area contributed by atoms with Gasteiger partial charge in [-0.15, -0.1) is 0 Å². The molecule has 0 aliphatic heterocycles. The van der Waals surface area contributed by atoms with Gasteiger partial charge in [0, 0.05) is 5.56 Å². The van der Waals surface area contributed by atoms with Crippen molar-refractivity contribution in [2.24, 2.45) is 0 Å². The molecule has 0 radical (unpaired) electrons. The number of nitrogens with one attached hydrogen (secondary N) is 1. The Morgan fingerprint density at radius 1 is 1.00 bits per heavy atom. The molecule has 4 heteroatoms. The van der Waals surface area contributed by atoms with Gasteiger partial charge in [-0.1, -0.05) is 47.5 Å². The van der Waals surface area contributed by atoms with E-state index >= 15 is 0 Å². The first-order valence-corrected chi connectivity index (χ1v) is 7.10. The van der Waals surface area contributed by atoms with Crippen molar-refractivity contribution >= 4 is 11.9 Å². The SMILES string of the molecule is Cc1cccc(COC(=O)CNC(=O)c2cccc(C)c2)c1. The highest BCUT2D eigenvalue weighted by Gasteiger charge is 2.09. The number of amides is 1. The van der Waals surface area contributed by atoms with E-state index < -0.39 is 5.97 Å².